The number of carbonyl (C=O) groups excluding carboxylic acids is 2. The molecule has 3 N–H and O–H groups in total. The molecule has 0 aliphatic rings. The molecular formula is C14H12ClFN2O4. The van der Waals surface area contributed by atoms with Gasteiger partial charge in [0.05, 0.1) is 23.7 Å². The number of benzene rings is 1. The van der Waals surface area contributed by atoms with Gasteiger partial charge in [-0.2, -0.15) is 0 Å². The standard InChI is InChI=1S/C14H12ClFN2O4/c15-10-5-9(1-2-11(10)16)18-14(21)13(20)17-6-12(19)8-3-4-22-7-8/h1-5,7,12,19H,6H2,(H,17,20)(H,18,21)/t12-/m0/s1. The molecule has 0 saturated carbocycles. The molecule has 1 atom stereocenters. The molecule has 116 valence electrons. The molecule has 8 heteroatoms. The van der Waals surface area contributed by atoms with Gasteiger partial charge >= 0.3 is 11.8 Å². The summed E-state index contributed by atoms with van der Waals surface area (Å²) in [7, 11) is 0. The predicted octanol–water partition coefficient (Wildman–Crippen LogP) is 1.86. The van der Waals surface area contributed by atoms with Crippen LogP contribution in [-0.2, 0) is 9.59 Å². The molecule has 0 unspecified atom stereocenters. The largest absolute Gasteiger partial charge is 0.472 e. The Morgan fingerprint density at radius 3 is 2.73 bits per heavy atom. The second kappa shape index (κ2) is 7.06. The number of halogens is 2. The van der Waals surface area contributed by atoms with E-state index >= 15 is 0 Å². The second-order valence-corrected chi connectivity index (χ2v) is 4.77. The van der Waals surface area contributed by atoms with Gasteiger partial charge in [0, 0.05) is 17.8 Å². The molecule has 0 saturated heterocycles. The van der Waals surface area contributed by atoms with Gasteiger partial charge in [0.25, 0.3) is 0 Å². The van der Waals surface area contributed by atoms with Crippen molar-refractivity contribution in [3.05, 3.63) is 53.2 Å². The molecule has 22 heavy (non-hydrogen) atoms. The molecule has 6 nitrogen and oxygen atoms in total. The van der Waals surface area contributed by atoms with Crippen molar-refractivity contribution in [3.8, 4) is 0 Å². The van der Waals surface area contributed by atoms with E-state index in [4.69, 9.17) is 16.0 Å². The Morgan fingerprint density at radius 1 is 1.32 bits per heavy atom. The SMILES string of the molecule is O=C(NC[C@H](O)c1ccoc1)C(=O)Nc1ccc(F)c(Cl)c1. The third-order valence-electron chi connectivity index (χ3n) is 2.77. The lowest BCUT2D eigenvalue weighted by molar-refractivity contribution is -0.136. The summed E-state index contributed by atoms with van der Waals surface area (Å²) in [6.07, 6.45) is 1.72. The molecule has 2 amide bonds. The van der Waals surface area contributed by atoms with Gasteiger partial charge in [-0.1, -0.05) is 11.6 Å². The predicted molar refractivity (Wildman–Crippen MR) is 76.7 cm³/mol. The van der Waals surface area contributed by atoms with E-state index in [0.717, 1.165) is 6.07 Å². The van der Waals surface area contributed by atoms with Gasteiger partial charge in [0.2, 0.25) is 0 Å². The molecule has 2 aromatic rings. The molecule has 2 rings (SSSR count). The zero-order valence-corrected chi connectivity index (χ0v) is 11.9. The number of carbonyl (C=O) groups is 2. The maximum Gasteiger partial charge on any atom is 0.313 e. The number of hydrogen-bond donors (Lipinski definition) is 3. The summed E-state index contributed by atoms with van der Waals surface area (Å²) in [6, 6.07) is 5.06. The van der Waals surface area contributed by atoms with Crippen molar-refractivity contribution in [3.63, 3.8) is 0 Å². The smallest absolute Gasteiger partial charge is 0.313 e. The van der Waals surface area contributed by atoms with Crippen LogP contribution in [-0.4, -0.2) is 23.5 Å². The maximum atomic E-state index is 13.0. The normalized spacial score (nSPS) is 11.8. The van der Waals surface area contributed by atoms with Gasteiger partial charge < -0.3 is 20.2 Å². The highest BCUT2D eigenvalue weighted by Gasteiger charge is 2.16. The molecular weight excluding hydrogens is 315 g/mol. The van der Waals surface area contributed by atoms with Crippen LogP contribution in [0.15, 0.2) is 41.2 Å². The lowest BCUT2D eigenvalue weighted by Crippen LogP contribution is -2.37. The fourth-order valence-electron chi connectivity index (χ4n) is 1.61. The summed E-state index contributed by atoms with van der Waals surface area (Å²) < 4.78 is 17.8. The summed E-state index contributed by atoms with van der Waals surface area (Å²) in [5.41, 5.74) is 0.660. The number of hydrogen-bond acceptors (Lipinski definition) is 4. The van der Waals surface area contributed by atoms with Crippen molar-refractivity contribution in [2.75, 3.05) is 11.9 Å². The number of nitrogens with one attached hydrogen (secondary N) is 2. The number of aliphatic hydroxyl groups excluding tert-OH is 1. The van der Waals surface area contributed by atoms with Crippen LogP contribution in [0, 0.1) is 5.82 Å². The van der Waals surface area contributed by atoms with Crippen LogP contribution < -0.4 is 10.6 Å². The van der Waals surface area contributed by atoms with Gasteiger partial charge in [0.15, 0.2) is 0 Å². The average Bonchev–Trinajstić information content (AvgIpc) is 3.02. The van der Waals surface area contributed by atoms with Crippen LogP contribution in [0.25, 0.3) is 0 Å². The Bertz CT molecular complexity index is 675. The van der Waals surface area contributed by atoms with E-state index in [1.807, 2.05) is 0 Å². The molecule has 1 aromatic heterocycles. The maximum absolute atomic E-state index is 13.0. The number of anilines is 1. The van der Waals surface area contributed by atoms with Crippen molar-refractivity contribution in [1.29, 1.82) is 0 Å². The van der Waals surface area contributed by atoms with Gasteiger partial charge in [-0.25, -0.2) is 4.39 Å². The van der Waals surface area contributed by atoms with Crippen molar-refractivity contribution in [2.45, 2.75) is 6.10 Å². The fourth-order valence-corrected chi connectivity index (χ4v) is 1.79. The third kappa shape index (κ3) is 4.06. The Labute approximate surface area is 129 Å². The van der Waals surface area contributed by atoms with Crippen LogP contribution in [0.3, 0.4) is 0 Å². The van der Waals surface area contributed by atoms with Crippen LogP contribution in [0.5, 0.6) is 0 Å². The lowest BCUT2D eigenvalue weighted by atomic mass is 10.2. The third-order valence-corrected chi connectivity index (χ3v) is 3.06. The number of aliphatic hydroxyl groups is 1. The second-order valence-electron chi connectivity index (χ2n) is 4.37. The summed E-state index contributed by atoms with van der Waals surface area (Å²) >= 11 is 5.57. The van der Waals surface area contributed by atoms with Crippen molar-refractivity contribution in [1.82, 2.24) is 5.32 Å². The van der Waals surface area contributed by atoms with E-state index < -0.39 is 23.7 Å². The van der Waals surface area contributed by atoms with Crippen molar-refractivity contribution < 1.29 is 23.5 Å². The van der Waals surface area contributed by atoms with E-state index in [-0.39, 0.29) is 17.3 Å². The Morgan fingerprint density at radius 2 is 2.09 bits per heavy atom. The van der Waals surface area contributed by atoms with Gasteiger partial charge in [0.1, 0.15) is 5.82 Å². The summed E-state index contributed by atoms with van der Waals surface area (Å²) in [5.74, 6) is -2.53. The summed E-state index contributed by atoms with van der Waals surface area (Å²) in [4.78, 5) is 23.3. The van der Waals surface area contributed by atoms with E-state index in [9.17, 15) is 19.1 Å². The van der Waals surface area contributed by atoms with Gasteiger partial charge in [-0.15, -0.1) is 0 Å². The minimum absolute atomic E-state index is 0.157. The average molecular weight is 327 g/mol. The van der Waals surface area contributed by atoms with Crippen LogP contribution in [0.2, 0.25) is 5.02 Å². The first kappa shape index (κ1) is 16.0. The molecule has 0 radical (unpaired) electrons. The lowest BCUT2D eigenvalue weighted by Gasteiger charge is -2.10. The molecule has 0 bridgehead atoms. The highest BCUT2D eigenvalue weighted by molar-refractivity contribution is 6.39. The highest BCUT2D eigenvalue weighted by Crippen LogP contribution is 2.19. The Hall–Kier alpha value is -2.38. The van der Waals surface area contributed by atoms with Crippen molar-refractivity contribution in [2.24, 2.45) is 0 Å². The summed E-state index contributed by atoms with van der Waals surface area (Å²) in [6.45, 7) is -0.157. The molecule has 1 heterocycles. The Kier molecular flexibility index (Phi) is 5.13. The number of rotatable bonds is 4. The Balaban J connectivity index is 1.86. The van der Waals surface area contributed by atoms with Crippen LogP contribution in [0.4, 0.5) is 10.1 Å². The molecule has 0 aliphatic heterocycles. The van der Waals surface area contributed by atoms with Crippen molar-refractivity contribution >= 4 is 29.1 Å². The first-order chi connectivity index (χ1) is 10.5. The molecule has 0 spiro atoms. The number of amides is 2. The quantitative estimate of drug-likeness (QED) is 0.748. The van der Waals surface area contributed by atoms with E-state index in [1.165, 1.54) is 30.7 Å². The minimum Gasteiger partial charge on any atom is -0.472 e. The van der Waals surface area contributed by atoms with Crippen LogP contribution >= 0.6 is 11.6 Å². The van der Waals surface area contributed by atoms with E-state index in [2.05, 4.69) is 10.6 Å². The highest BCUT2D eigenvalue weighted by atomic mass is 35.5. The van der Waals surface area contributed by atoms with E-state index in [1.54, 1.807) is 0 Å². The first-order valence-electron chi connectivity index (χ1n) is 6.22. The monoisotopic (exact) mass is 326 g/mol. The molecule has 0 aliphatic carbocycles. The zero-order chi connectivity index (χ0) is 16.1. The van der Waals surface area contributed by atoms with Crippen LogP contribution in [0.1, 0.15) is 11.7 Å². The number of furan rings is 1. The summed E-state index contributed by atoms with van der Waals surface area (Å²) in [5, 5.41) is 14.1. The molecule has 0 fully saturated rings. The van der Waals surface area contributed by atoms with Gasteiger partial charge in [-0.3, -0.25) is 9.59 Å². The zero-order valence-electron chi connectivity index (χ0n) is 11.2. The molecule has 1 aromatic carbocycles. The van der Waals surface area contributed by atoms with E-state index in [0.29, 0.717) is 5.56 Å². The first-order valence-corrected chi connectivity index (χ1v) is 6.59. The topological polar surface area (TPSA) is 91.6 Å². The minimum atomic E-state index is -0.990. The van der Waals surface area contributed by atoms with Gasteiger partial charge in [-0.05, 0) is 24.3 Å². The fraction of sp³-hybridized carbons (Fsp3) is 0.143.